The van der Waals surface area contributed by atoms with Crippen LogP contribution in [0.2, 0.25) is 6.82 Å². The fourth-order valence-electron chi connectivity index (χ4n) is 0.183. The summed E-state index contributed by atoms with van der Waals surface area (Å²) in [4.78, 5) is 2.12. The van der Waals surface area contributed by atoms with E-state index in [0.29, 0.717) is 0 Å². The van der Waals surface area contributed by atoms with Gasteiger partial charge in [-0.15, -0.1) is 0 Å². The molecule has 0 fully saturated rings. The second-order valence-electron chi connectivity index (χ2n) is 1.33. The summed E-state index contributed by atoms with van der Waals surface area (Å²) in [6.45, 7) is 5.26. The van der Waals surface area contributed by atoms with Crippen LogP contribution in [0.1, 0.15) is 6.92 Å². The van der Waals surface area contributed by atoms with Gasteiger partial charge in [0, 0.05) is 0 Å². The molecule has 2 heteroatoms. The van der Waals surface area contributed by atoms with E-state index < -0.39 is 0 Å². The standard InChI is InChI=1S/C4H11BN/c1-4-6(3)5-2/h4H2,1-3H3. The van der Waals surface area contributed by atoms with E-state index in [1.807, 2.05) is 6.82 Å². The third-order valence-corrected chi connectivity index (χ3v) is 0.940. The molecule has 0 aliphatic carbocycles. The number of nitrogens with zero attached hydrogens (tertiary/aromatic N) is 1. The summed E-state index contributed by atoms with van der Waals surface area (Å²) in [5.41, 5.74) is 0. The Bertz CT molecular complexity index is 26.7. The van der Waals surface area contributed by atoms with Crippen molar-refractivity contribution in [1.29, 1.82) is 0 Å². The lowest BCUT2D eigenvalue weighted by Gasteiger charge is -2.06. The first kappa shape index (κ1) is 6.02. The van der Waals surface area contributed by atoms with Crippen LogP contribution in [0.4, 0.5) is 0 Å². The van der Waals surface area contributed by atoms with Crippen LogP contribution in [0, 0.1) is 0 Å². The molecule has 0 unspecified atom stereocenters. The van der Waals surface area contributed by atoms with Crippen LogP contribution in [0.3, 0.4) is 0 Å². The SMILES string of the molecule is C[B]N(C)CC. The molecule has 0 aliphatic rings. The van der Waals surface area contributed by atoms with E-state index in [4.69, 9.17) is 0 Å². The zero-order valence-corrected chi connectivity index (χ0v) is 4.73. The van der Waals surface area contributed by atoms with Gasteiger partial charge >= 0.3 is 0 Å². The van der Waals surface area contributed by atoms with Crippen molar-refractivity contribution >= 4 is 7.41 Å². The average molecular weight is 84.0 g/mol. The van der Waals surface area contributed by atoms with Gasteiger partial charge in [0.1, 0.15) is 0 Å². The van der Waals surface area contributed by atoms with E-state index in [-0.39, 0.29) is 0 Å². The molecule has 0 aliphatic heterocycles. The van der Waals surface area contributed by atoms with Crippen LogP contribution < -0.4 is 0 Å². The van der Waals surface area contributed by atoms with Crippen LogP contribution in [0.5, 0.6) is 0 Å². The van der Waals surface area contributed by atoms with Gasteiger partial charge in [0.05, 0.1) is 0 Å². The van der Waals surface area contributed by atoms with Crippen molar-refractivity contribution < 1.29 is 0 Å². The van der Waals surface area contributed by atoms with E-state index in [0.717, 1.165) is 6.54 Å². The molecule has 1 radical (unpaired) electrons. The molecule has 0 amide bonds. The van der Waals surface area contributed by atoms with Gasteiger partial charge < -0.3 is 4.81 Å². The second-order valence-corrected chi connectivity index (χ2v) is 1.33. The molecule has 0 aromatic carbocycles. The molecule has 0 saturated carbocycles. The summed E-state index contributed by atoms with van der Waals surface area (Å²) in [6, 6.07) is 0. The molecule has 0 N–H and O–H groups in total. The lowest BCUT2D eigenvalue weighted by atomic mass is 9.98. The van der Waals surface area contributed by atoms with Gasteiger partial charge in [-0.3, -0.25) is 0 Å². The quantitative estimate of drug-likeness (QED) is 0.443. The third-order valence-electron chi connectivity index (χ3n) is 0.940. The van der Waals surface area contributed by atoms with Crippen molar-refractivity contribution in [2.75, 3.05) is 13.6 Å². The van der Waals surface area contributed by atoms with Gasteiger partial charge in [-0.25, -0.2) is 0 Å². The fraction of sp³-hybridized carbons (Fsp3) is 1.00. The van der Waals surface area contributed by atoms with E-state index in [2.05, 4.69) is 26.2 Å². The highest BCUT2D eigenvalue weighted by molar-refractivity contribution is 6.29. The first-order chi connectivity index (χ1) is 2.81. The van der Waals surface area contributed by atoms with Crippen molar-refractivity contribution in [3.63, 3.8) is 0 Å². The van der Waals surface area contributed by atoms with Crippen molar-refractivity contribution in [3.8, 4) is 0 Å². The lowest BCUT2D eigenvalue weighted by molar-refractivity contribution is 0.570. The third kappa shape index (κ3) is 2.27. The van der Waals surface area contributed by atoms with Crippen molar-refractivity contribution in [2.45, 2.75) is 13.7 Å². The Hall–Kier alpha value is 0.0249. The van der Waals surface area contributed by atoms with Gasteiger partial charge in [0.15, 0.2) is 0 Å². The highest BCUT2D eigenvalue weighted by Gasteiger charge is 1.84. The Morgan fingerprint density at radius 3 is 2.17 bits per heavy atom. The molecule has 0 spiro atoms. The topological polar surface area (TPSA) is 3.24 Å². The minimum absolute atomic E-state index is 1.11. The number of hydrogen-bond donors (Lipinski definition) is 0. The molecule has 0 rings (SSSR count). The molecule has 0 atom stereocenters. The molecule has 0 bridgehead atoms. The Balaban J connectivity index is 2.75. The smallest absolute Gasteiger partial charge is 0.204 e. The molecule has 1 nitrogen and oxygen atoms in total. The largest absolute Gasteiger partial charge is 0.350 e. The lowest BCUT2D eigenvalue weighted by Crippen LogP contribution is -2.19. The van der Waals surface area contributed by atoms with Crippen molar-refractivity contribution in [3.05, 3.63) is 0 Å². The van der Waals surface area contributed by atoms with Gasteiger partial charge in [0.2, 0.25) is 7.41 Å². The fourth-order valence-corrected chi connectivity index (χ4v) is 0.183. The van der Waals surface area contributed by atoms with Gasteiger partial charge in [-0.2, -0.15) is 0 Å². The second kappa shape index (κ2) is 3.22. The first-order valence-electron chi connectivity index (χ1n) is 2.31. The van der Waals surface area contributed by atoms with Gasteiger partial charge in [-0.1, -0.05) is 13.7 Å². The normalized spacial score (nSPS) is 9.33. The summed E-state index contributed by atoms with van der Waals surface area (Å²) in [7, 11) is 4.11. The number of rotatable bonds is 2. The van der Waals surface area contributed by atoms with E-state index >= 15 is 0 Å². The zero-order valence-electron chi connectivity index (χ0n) is 4.73. The van der Waals surface area contributed by atoms with Crippen LogP contribution in [-0.4, -0.2) is 25.8 Å². The average Bonchev–Trinajstić information content (AvgIpc) is 1.65. The Labute approximate surface area is 40.6 Å². The minimum Gasteiger partial charge on any atom is -0.350 e. The number of hydrogen-bond acceptors (Lipinski definition) is 1. The Kier molecular flexibility index (Phi) is 3.24. The summed E-state index contributed by atoms with van der Waals surface area (Å²) in [6.07, 6.45) is 0. The van der Waals surface area contributed by atoms with Crippen molar-refractivity contribution in [2.24, 2.45) is 0 Å². The highest BCUT2D eigenvalue weighted by atomic mass is 15.0. The Morgan fingerprint density at radius 2 is 2.17 bits per heavy atom. The van der Waals surface area contributed by atoms with Crippen LogP contribution >= 0.6 is 0 Å². The molecular weight excluding hydrogens is 72.9 g/mol. The van der Waals surface area contributed by atoms with Crippen LogP contribution in [-0.2, 0) is 0 Å². The summed E-state index contributed by atoms with van der Waals surface area (Å²) in [5.74, 6) is 0. The zero-order chi connectivity index (χ0) is 4.99. The molecule has 0 heterocycles. The van der Waals surface area contributed by atoms with Gasteiger partial charge in [-0.05, 0) is 13.6 Å². The predicted octanol–water partition coefficient (Wildman–Crippen LogP) is 0.605. The predicted molar refractivity (Wildman–Crippen MR) is 29.9 cm³/mol. The summed E-state index contributed by atoms with van der Waals surface area (Å²) >= 11 is 0. The molecular formula is C4H11BN. The maximum Gasteiger partial charge on any atom is 0.204 e. The molecule has 35 valence electrons. The molecule has 0 saturated heterocycles. The van der Waals surface area contributed by atoms with Gasteiger partial charge in [0.25, 0.3) is 0 Å². The maximum atomic E-state index is 2.12. The van der Waals surface area contributed by atoms with E-state index in [1.54, 1.807) is 0 Å². The van der Waals surface area contributed by atoms with E-state index in [1.165, 1.54) is 0 Å². The minimum atomic E-state index is 1.11. The Morgan fingerprint density at radius 1 is 1.67 bits per heavy atom. The summed E-state index contributed by atoms with van der Waals surface area (Å²) < 4.78 is 0. The summed E-state index contributed by atoms with van der Waals surface area (Å²) in [5, 5.41) is 0. The van der Waals surface area contributed by atoms with Crippen LogP contribution in [0.25, 0.3) is 0 Å². The molecule has 0 aromatic rings. The van der Waals surface area contributed by atoms with E-state index in [9.17, 15) is 0 Å². The van der Waals surface area contributed by atoms with Crippen LogP contribution in [0.15, 0.2) is 0 Å². The molecule has 0 aromatic heterocycles. The maximum absolute atomic E-state index is 2.12. The highest BCUT2D eigenvalue weighted by Crippen LogP contribution is 1.71. The van der Waals surface area contributed by atoms with Crippen molar-refractivity contribution in [1.82, 2.24) is 4.81 Å². The molecule has 6 heavy (non-hydrogen) atoms. The first-order valence-corrected chi connectivity index (χ1v) is 2.31. The monoisotopic (exact) mass is 84.1 g/mol.